The molecule has 0 atom stereocenters. The highest BCUT2D eigenvalue weighted by Crippen LogP contribution is 2.31. The molecule has 0 radical (unpaired) electrons. The lowest BCUT2D eigenvalue weighted by molar-refractivity contribution is -0.138. The van der Waals surface area contributed by atoms with E-state index in [9.17, 15) is 4.79 Å². The molecular formula is C9H14O2. The molecule has 1 fully saturated rings. The van der Waals surface area contributed by atoms with Gasteiger partial charge in [-0.15, -0.1) is 0 Å². The average molecular weight is 154 g/mol. The lowest BCUT2D eigenvalue weighted by atomic mass is 9.84. The molecule has 0 saturated carbocycles. The minimum Gasteiger partial charge on any atom is -0.462 e. The van der Waals surface area contributed by atoms with E-state index in [-0.39, 0.29) is 11.4 Å². The number of hydrogen-bond donors (Lipinski definition) is 0. The van der Waals surface area contributed by atoms with Crippen molar-refractivity contribution in [2.75, 3.05) is 6.61 Å². The number of rotatable bonds is 0. The topological polar surface area (TPSA) is 26.3 Å². The fourth-order valence-electron chi connectivity index (χ4n) is 1.26. The number of carbonyl (C=O) groups excluding carboxylic acids is 1. The Kier molecular flexibility index (Phi) is 2.03. The van der Waals surface area contributed by atoms with Gasteiger partial charge in [-0.3, -0.25) is 0 Å². The zero-order chi connectivity index (χ0) is 8.48. The quantitative estimate of drug-likeness (QED) is 0.393. The van der Waals surface area contributed by atoms with Crippen LogP contribution in [0.2, 0.25) is 0 Å². The van der Waals surface area contributed by atoms with E-state index < -0.39 is 0 Å². The van der Waals surface area contributed by atoms with Gasteiger partial charge in [0.15, 0.2) is 0 Å². The van der Waals surface area contributed by atoms with Crippen LogP contribution in [0, 0.1) is 5.41 Å². The second-order valence-electron chi connectivity index (χ2n) is 3.83. The fourth-order valence-corrected chi connectivity index (χ4v) is 1.26. The van der Waals surface area contributed by atoms with Crippen molar-refractivity contribution >= 4 is 5.97 Å². The zero-order valence-corrected chi connectivity index (χ0v) is 7.14. The van der Waals surface area contributed by atoms with Crippen molar-refractivity contribution in [1.29, 1.82) is 0 Å². The summed E-state index contributed by atoms with van der Waals surface area (Å²) in [7, 11) is 0. The van der Waals surface area contributed by atoms with E-state index >= 15 is 0 Å². The van der Waals surface area contributed by atoms with Gasteiger partial charge in [0, 0.05) is 5.57 Å². The average Bonchev–Trinajstić information content (AvgIpc) is 1.93. The van der Waals surface area contributed by atoms with Gasteiger partial charge in [0.1, 0.15) is 0 Å². The highest BCUT2D eigenvalue weighted by Gasteiger charge is 2.26. The Hall–Kier alpha value is -0.790. The van der Waals surface area contributed by atoms with E-state index in [1.807, 2.05) is 0 Å². The third kappa shape index (κ3) is 2.07. The van der Waals surface area contributed by atoms with Crippen molar-refractivity contribution in [3.05, 3.63) is 12.2 Å². The molecule has 0 aromatic heterocycles. The molecule has 0 bridgehead atoms. The Bertz CT molecular complexity index is 192. The van der Waals surface area contributed by atoms with Crippen LogP contribution in [0.5, 0.6) is 0 Å². The summed E-state index contributed by atoms with van der Waals surface area (Å²) in [5.74, 6) is -0.226. The smallest absolute Gasteiger partial charge is 0.333 e. The molecule has 1 heterocycles. The van der Waals surface area contributed by atoms with Crippen LogP contribution in [0.3, 0.4) is 0 Å². The van der Waals surface area contributed by atoms with Crippen LogP contribution < -0.4 is 0 Å². The summed E-state index contributed by atoms with van der Waals surface area (Å²) in [6.45, 7) is 8.46. The van der Waals surface area contributed by atoms with Crippen LogP contribution in [0.1, 0.15) is 26.7 Å². The van der Waals surface area contributed by atoms with E-state index in [0.29, 0.717) is 12.2 Å². The Morgan fingerprint density at radius 3 is 2.82 bits per heavy atom. The van der Waals surface area contributed by atoms with Gasteiger partial charge in [-0.1, -0.05) is 20.4 Å². The Balaban J connectivity index is 2.70. The largest absolute Gasteiger partial charge is 0.462 e. The maximum atomic E-state index is 11.0. The van der Waals surface area contributed by atoms with Crippen molar-refractivity contribution in [2.45, 2.75) is 26.7 Å². The molecular weight excluding hydrogens is 140 g/mol. The molecule has 0 aliphatic carbocycles. The molecule has 62 valence electrons. The van der Waals surface area contributed by atoms with Gasteiger partial charge in [0.25, 0.3) is 0 Å². The number of cyclic esters (lactones) is 1. The summed E-state index contributed by atoms with van der Waals surface area (Å²) in [6.07, 6.45) is 1.68. The Morgan fingerprint density at radius 2 is 2.18 bits per heavy atom. The highest BCUT2D eigenvalue weighted by molar-refractivity contribution is 5.88. The number of carbonyl (C=O) groups is 1. The van der Waals surface area contributed by atoms with E-state index in [0.717, 1.165) is 12.8 Å². The maximum absolute atomic E-state index is 11.0. The minimum absolute atomic E-state index is 0.170. The summed E-state index contributed by atoms with van der Waals surface area (Å²) < 4.78 is 4.91. The van der Waals surface area contributed by atoms with Crippen molar-refractivity contribution in [1.82, 2.24) is 0 Å². The summed E-state index contributed by atoms with van der Waals surface area (Å²) >= 11 is 0. The SMILES string of the molecule is C=C1CC(C)(C)CCOC1=O. The van der Waals surface area contributed by atoms with Crippen molar-refractivity contribution in [3.63, 3.8) is 0 Å². The van der Waals surface area contributed by atoms with Gasteiger partial charge in [-0.05, 0) is 18.3 Å². The van der Waals surface area contributed by atoms with Crippen LogP contribution in [0.4, 0.5) is 0 Å². The van der Waals surface area contributed by atoms with Crippen LogP contribution >= 0.6 is 0 Å². The van der Waals surface area contributed by atoms with Gasteiger partial charge in [0.2, 0.25) is 0 Å². The fraction of sp³-hybridized carbons (Fsp3) is 0.667. The van der Waals surface area contributed by atoms with Crippen molar-refractivity contribution in [2.24, 2.45) is 5.41 Å². The van der Waals surface area contributed by atoms with Crippen molar-refractivity contribution in [3.8, 4) is 0 Å². The molecule has 1 saturated heterocycles. The summed E-state index contributed by atoms with van der Waals surface area (Å²) in [5, 5.41) is 0. The molecule has 0 aromatic rings. The first kappa shape index (κ1) is 8.31. The van der Waals surface area contributed by atoms with Crippen molar-refractivity contribution < 1.29 is 9.53 Å². The third-order valence-electron chi connectivity index (χ3n) is 1.99. The monoisotopic (exact) mass is 154 g/mol. The van der Waals surface area contributed by atoms with E-state index in [1.165, 1.54) is 0 Å². The van der Waals surface area contributed by atoms with Gasteiger partial charge < -0.3 is 4.74 Å². The number of esters is 1. The molecule has 0 spiro atoms. The predicted octanol–water partition coefficient (Wildman–Crippen LogP) is 1.91. The molecule has 0 aromatic carbocycles. The van der Waals surface area contributed by atoms with Gasteiger partial charge in [-0.25, -0.2) is 4.79 Å². The Morgan fingerprint density at radius 1 is 1.55 bits per heavy atom. The normalized spacial score (nSPS) is 24.2. The first-order valence-corrected chi connectivity index (χ1v) is 3.86. The molecule has 1 aliphatic rings. The summed E-state index contributed by atoms with van der Waals surface area (Å²) in [6, 6.07) is 0. The van der Waals surface area contributed by atoms with Crippen LogP contribution in [-0.2, 0) is 9.53 Å². The standard InChI is InChI=1S/C9H14O2/c1-7-6-9(2,3)4-5-11-8(7)10/h1,4-6H2,2-3H3. The van der Waals surface area contributed by atoms with E-state index in [1.54, 1.807) is 0 Å². The first-order chi connectivity index (χ1) is 5.01. The lowest BCUT2D eigenvalue weighted by Gasteiger charge is -2.19. The van der Waals surface area contributed by atoms with Crippen LogP contribution in [0.25, 0.3) is 0 Å². The van der Waals surface area contributed by atoms with Gasteiger partial charge in [-0.2, -0.15) is 0 Å². The van der Waals surface area contributed by atoms with E-state index in [2.05, 4.69) is 20.4 Å². The minimum atomic E-state index is -0.226. The van der Waals surface area contributed by atoms with Gasteiger partial charge >= 0.3 is 5.97 Å². The summed E-state index contributed by atoms with van der Waals surface area (Å²) in [5.41, 5.74) is 0.774. The zero-order valence-electron chi connectivity index (χ0n) is 7.14. The maximum Gasteiger partial charge on any atom is 0.333 e. The second kappa shape index (κ2) is 2.68. The molecule has 0 unspecified atom stereocenters. The summed E-state index contributed by atoms with van der Waals surface area (Å²) in [4.78, 5) is 11.0. The predicted molar refractivity (Wildman–Crippen MR) is 43.1 cm³/mol. The third-order valence-corrected chi connectivity index (χ3v) is 1.99. The molecule has 2 nitrogen and oxygen atoms in total. The van der Waals surface area contributed by atoms with Gasteiger partial charge in [0.05, 0.1) is 6.61 Å². The molecule has 0 N–H and O–H groups in total. The molecule has 0 amide bonds. The first-order valence-electron chi connectivity index (χ1n) is 3.86. The lowest BCUT2D eigenvalue weighted by Crippen LogP contribution is -2.11. The highest BCUT2D eigenvalue weighted by atomic mass is 16.5. The van der Waals surface area contributed by atoms with E-state index in [4.69, 9.17) is 4.74 Å². The molecule has 1 aliphatic heterocycles. The molecule has 2 heteroatoms. The second-order valence-corrected chi connectivity index (χ2v) is 3.83. The van der Waals surface area contributed by atoms with Crippen LogP contribution in [0.15, 0.2) is 12.2 Å². The number of ether oxygens (including phenoxy) is 1. The Labute approximate surface area is 67.2 Å². The van der Waals surface area contributed by atoms with Crippen LogP contribution in [-0.4, -0.2) is 12.6 Å². The number of hydrogen-bond acceptors (Lipinski definition) is 2. The molecule has 11 heavy (non-hydrogen) atoms. The molecule has 1 rings (SSSR count).